The summed E-state index contributed by atoms with van der Waals surface area (Å²) < 4.78 is 48.4. The summed E-state index contributed by atoms with van der Waals surface area (Å²) in [5.41, 5.74) is 6.44. The average Bonchev–Trinajstić information content (AvgIpc) is 3.58. The lowest BCUT2D eigenvalue weighted by atomic mass is 9.94. The molecule has 0 radical (unpaired) electrons. The largest absolute Gasteiger partial charge is 0.492 e. The maximum absolute atomic E-state index is 12.1. The van der Waals surface area contributed by atoms with Crippen molar-refractivity contribution in [3.05, 3.63) is 76.9 Å². The molecule has 2 heterocycles. The molecule has 9 heteroatoms. The molecule has 2 aliphatic rings. The van der Waals surface area contributed by atoms with E-state index in [-0.39, 0.29) is 17.9 Å². The van der Waals surface area contributed by atoms with Gasteiger partial charge in [0.2, 0.25) is 10.0 Å². The number of sulfonamides is 1. The first kappa shape index (κ1) is 29.0. The van der Waals surface area contributed by atoms with Crippen LogP contribution in [0.4, 0.5) is 0 Å². The molecule has 0 amide bonds. The van der Waals surface area contributed by atoms with Gasteiger partial charge in [0.05, 0.1) is 32.4 Å². The molecule has 0 aromatic heterocycles. The Labute approximate surface area is 242 Å². The zero-order chi connectivity index (χ0) is 29.1. The van der Waals surface area contributed by atoms with Gasteiger partial charge in [-0.3, -0.25) is 4.79 Å². The summed E-state index contributed by atoms with van der Waals surface area (Å²) in [6, 6.07) is 18.0. The van der Waals surface area contributed by atoms with Crippen LogP contribution in [0.2, 0.25) is 0 Å². The summed E-state index contributed by atoms with van der Waals surface area (Å²) in [6.45, 7) is 5.89. The molecular weight excluding hydrogens is 542 g/mol. The summed E-state index contributed by atoms with van der Waals surface area (Å²) in [4.78, 5) is 11.7. The van der Waals surface area contributed by atoms with Crippen LogP contribution in [-0.4, -0.2) is 57.9 Å². The quantitative estimate of drug-likeness (QED) is 0.298. The van der Waals surface area contributed by atoms with E-state index in [0.717, 1.165) is 57.7 Å². The van der Waals surface area contributed by atoms with Crippen molar-refractivity contribution < 1.29 is 32.2 Å². The zero-order valence-corrected chi connectivity index (χ0v) is 24.8. The number of benzene rings is 3. The smallest absolute Gasteiger partial charge is 0.306 e. The Morgan fingerprint density at radius 3 is 2.54 bits per heavy atom. The van der Waals surface area contributed by atoms with Gasteiger partial charge in [-0.05, 0) is 78.8 Å². The van der Waals surface area contributed by atoms with Crippen LogP contribution >= 0.6 is 0 Å². The molecule has 41 heavy (non-hydrogen) atoms. The van der Waals surface area contributed by atoms with E-state index in [2.05, 4.69) is 26.0 Å². The predicted molar refractivity (Wildman–Crippen MR) is 157 cm³/mol. The number of nitrogens with zero attached hydrogens (tertiary/aromatic N) is 1. The van der Waals surface area contributed by atoms with Crippen LogP contribution in [0.25, 0.3) is 11.1 Å². The predicted octanol–water partition coefficient (Wildman–Crippen LogP) is 5.39. The summed E-state index contributed by atoms with van der Waals surface area (Å²) in [7, 11) is -1.84. The monoisotopic (exact) mass is 579 g/mol. The molecule has 3 aromatic rings. The first-order valence-corrected chi connectivity index (χ1v) is 15.7. The minimum atomic E-state index is -3.23. The highest BCUT2D eigenvalue weighted by atomic mass is 32.2. The van der Waals surface area contributed by atoms with Crippen molar-refractivity contribution >= 4 is 16.0 Å². The Balaban J connectivity index is 1.24. The van der Waals surface area contributed by atoms with E-state index in [1.807, 2.05) is 42.5 Å². The summed E-state index contributed by atoms with van der Waals surface area (Å²) in [6.07, 6.45) is 3.23. The number of ether oxygens (including phenoxy) is 4. The van der Waals surface area contributed by atoms with Gasteiger partial charge in [0.25, 0.3) is 0 Å². The number of rotatable bonds is 10. The average molecular weight is 580 g/mol. The van der Waals surface area contributed by atoms with Crippen LogP contribution in [0.1, 0.15) is 47.4 Å². The van der Waals surface area contributed by atoms with Crippen LogP contribution in [0.3, 0.4) is 0 Å². The Hall–Kier alpha value is -3.56. The van der Waals surface area contributed by atoms with Gasteiger partial charge in [0.1, 0.15) is 30.5 Å². The fourth-order valence-corrected chi connectivity index (χ4v) is 7.02. The van der Waals surface area contributed by atoms with Crippen molar-refractivity contribution in [3.8, 4) is 28.4 Å². The zero-order valence-electron chi connectivity index (χ0n) is 24.0. The number of aryl methyl sites for hydroxylation is 2. The van der Waals surface area contributed by atoms with Gasteiger partial charge in [-0.2, -0.15) is 4.31 Å². The molecule has 0 N–H and O–H groups in total. The standard InChI is InChI=1S/C32H37NO7S/c1-21-13-28(39-20-26-9-6-12-33(26)41(4,35)36)14-22(2)32(21)24-8-5-7-23(15-24)18-38-27-10-11-29-25(16-31(34)37-3)19-40-30(29)17-27/h5,7-8,10-11,13-15,17,25-26H,6,9,12,16,18-20H2,1-4H3/t25-,26-/m1/s1. The molecule has 0 bridgehead atoms. The molecule has 5 rings (SSSR count). The van der Waals surface area contributed by atoms with Gasteiger partial charge < -0.3 is 18.9 Å². The van der Waals surface area contributed by atoms with Crippen LogP contribution in [-0.2, 0) is 26.2 Å². The number of esters is 1. The number of hydrogen-bond acceptors (Lipinski definition) is 7. The first-order chi connectivity index (χ1) is 19.6. The third-order valence-corrected chi connectivity index (χ3v) is 9.16. The molecule has 0 saturated carbocycles. The van der Waals surface area contributed by atoms with Crippen LogP contribution in [0.15, 0.2) is 54.6 Å². The molecule has 1 saturated heterocycles. The normalized spacial score (nSPS) is 18.5. The number of hydrogen-bond donors (Lipinski definition) is 0. The summed E-state index contributed by atoms with van der Waals surface area (Å²) in [5.74, 6) is 1.95. The number of fused-ring (bicyclic) bond motifs is 1. The molecule has 8 nitrogen and oxygen atoms in total. The van der Waals surface area contributed by atoms with Crippen LogP contribution < -0.4 is 14.2 Å². The van der Waals surface area contributed by atoms with Gasteiger partial charge in [-0.15, -0.1) is 0 Å². The van der Waals surface area contributed by atoms with Crippen molar-refractivity contribution in [2.45, 2.75) is 51.7 Å². The summed E-state index contributed by atoms with van der Waals surface area (Å²) >= 11 is 0. The van der Waals surface area contributed by atoms with Crippen molar-refractivity contribution in [1.29, 1.82) is 0 Å². The van der Waals surface area contributed by atoms with Gasteiger partial charge in [-0.25, -0.2) is 8.42 Å². The van der Waals surface area contributed by atoms with E-state index < -0.39 is 10.0 Å². The third kappa shape index (κ3) is 6.68. The van der Waals surface area contributed by atoms with Gasteiger partial charge in [-0.1, -0.05) is 24.3 Å². The fraction of sp³-hybridized carbons (Fsp3) is 0.406. The number of carbonyl (C=O) groups is 1. The van der Waals surface area contributed by atoms with Crippen LogP contribution in [0.5, 0.6) is 17.2 Å². The highest BCUT2D eigenvalue weighted by molar-refractivity contribution is 7.88. The second kappa shape index (κ2) is 12.1. The lowest BCUT2D eigenvalue weighted by molar-refractivity contribution is -0.141. The highest BCUT2D eigenvalue weighted by Crippen LogP contribution is 2.39. The Bertz CT molecular complexity index is 1510. The third-order valence-electron chi connectivity index (χ3n) is 7.82. The second-order valence-electron chi connectivity index (χ2n) is 10.9. The Kier molecular flexibility index (Phi) is 8.56. The van der Waals surface area contributed by atoms with Crippen molar-refractivity contribution in [1.82, 2.24) is 4.31 Å². The molecule has 2 aliphatic heterocycles. The minimum Gasteiger partial charge on any atom is -0.492 e. The maximum Gasteiger partial charge on any atom is 0.306 e. The minimum absolute atomic E-state index is 0.00339. The van der Waals surface area contributed by atoms with Gasteiger partial charge in [0.15, 0.2) is 0 Å². The molecular formula is C32H37NO7S. The van der Waals surface area contributed by atoms with Gasteiger partial charge >= 0.3 is 5.97 Å². The number of methoxy groups -OCH3 is 1. The lowest BCUT2D eigenvalue weighted by Gasteiger charge is -2.23. The van der Waals surface area contributed by atoms with Crippen LogP contribution in [0, 0.1) is 13.8 Å². The molecule has 0 spiro atoms. The van der Waals surface area contributed by atoms with Crippen molar-refractivity contribution in [2.24, 2.45) is 0 Å². The SMILES string of the molecule is COC(=O)C[C@@H]1COc2cc(OCc3cccc(-c4c(C)cc(OC[C@H]5CCCN5S(C)(=O)=O)cc4C)c3)ccc21. The summed E-state index contributed by atoms with van der Waals surface area (Å²) in [5, 5.41) is 0. The Morgan fingerprint density at radius 1 is 1.02 bits per heavy atom. The lowest BCUT2D eigenvalue weighted by Crippen LogP contribution is -2.38. The van der Waals surface area contributed by atoms with Crippen molar-refractivity contribution in [3.63, 3.8) is 0 Å². The second-order valence-corrected chi connectivity index (χ2v) is 12.8. The molecule has 1 fully saturated rings. The first-order valence-electron chi connectivity index (χ1n) is 13.9. The van der Waals surface area contributed by atoms with E-state index in [9.17, 15) is 13.2 Å². The van der Waals surface area contributed by atoms with E-state index in [1.165, 1.54) is 13.4 Å². The van der Waals surface area contributed by atoms with E-state index >= 15 is 0 Å². The fourth-order valence-electron chi connectivity index (χ4n) is 5.85. The van der Waals surface area contributed by atoms with E-state index in [0.29, 0.717) is 38.5 Å². The Morgan fingerprint density at radius 2 is 1.80 bits per heavy atom. The van der Waals surface area contributed by atoms with Gasteiger partial charge in [0, 0.05) is 24.1 Å². The topological polar surface area (TPSA) is 91.4 Å². The molecule has 0 aliphatic carbocycles. The molecule has 2 atom stereocenters. The molecule has 218 valence electrons. The van der Waals surface area contributed by atoms with E-state index in [1.54, 1.807) is 4.31 Å². The van der Waals surface area contributed by atoms with E-state index in [4.69, 9.17) is 18.9 Å². The highest BCUT2D eigenvalue weighted by Gasteiger charge is 2.32. The van der Waals surface area contributed by atoms with Crippen molar-refractivity contribution in [2.75, 3.05) is 33.1 Å². The number of carbonyl (C=O) groups excluding carboxylic acids is 1. The maximum atomic E-state index is 12.1. The molecule has 3 aromatic carbocycles. The molecule has 0 unspecified atom stereocenters.